The van der Waals surface area contributed by atoms with Crippen molar-refractivity contribution < 1.29 is 39.8 Å². The summed E-state index contributed by atoms with van der Waals surface area (Å²) in [6.45, 7) is 3.71. The van der Waals surface area contributed by atoms with Crippen LogP contribution in [0, 0.1) is 0 Å². The van der Waals surface area contributed by atoms with Crippen molar-refractivity contribution in [3.8, 4) is 0 Å². The van der Waals surface area contributed by atoms with E-state index in [1.165, 1.54) is 283 Å². The number of hydrogen-bond donors (Lipinski definition) is 6. The molecule has 1 fully saturated rings. The smallest absolute Gasteiger partial charge is 0.220 e. The highest BCUT2D eigenvalue weighted by molar-refractivity contribution is 5.76. The number of unbranched alkanes of at least 4 members (excludes halogenated alkanes) is 48. The van der Waals surface area contributed by atoms with Crippen LogP contribution >= 0.6 is 0 Å². The van der Waals surface area contributed by atoms with Gasteiger partial charge in [-0.15, -0.1) is 0 Å². The fourth-order valence-corrected chi connectivity index (χ4v) is 12.8. The summed E-state index contributed by atoms with van der Waals surface area (Å²) in [5.74, 6) is -0.172. The van der Waals surface area contributed by atoms with E-state index in [-0.39, 0.29) is 12.5 Å². The van der Waals surface area contributed by atoms with Crippen molar-refractivity contribution in [2.45, 2.75) is 429 Å². The largest absolute Gasteiger partial charge is 0.394 e. The number of carbonyl (C=O) groups is 1. The average molecular weight is 1330 g/mol. The summed E-state index contributed by atoms with van der Waals surface area (Å²) in [7, 11) is 0. The number of hydrogen-bond acceptors (Lipinski definition) is 8. The molecule has 9 nitrogen and oxygen atoms in total. The molecule has 0 saturated carbocycles. The van der Waals surface area contributed by atoms with E-state index in [1.54, 1.807) is 6.08 Å². The van der Waals surface area contributed by atoms with E-state index in [0.717, 1.165) is 83.5 Å². The molecular weight excluding hydrogens is 1170 g/mol. The minimum Gasteiger partial charge on any atom is -0.394 e. The average Bonchev–Trinajstić information content (AvgIpc) is 0.836. The first-order chi connectivity index (χ1) is 46.8. The Kier molecular flexibility index (Phi) is 70.0. The van der Waals surface area contributed by atoms with Crippen LogP contribution in [-0.4, -0.2) is 87.5 Å². The summed E-state index contributed by atoms with van der Waals surface area (Å²) >= 11 is 0. The number of ether oxygens (including phenoxy) is 2. The third-order valence-electron chi connectivity index (χ3n) is 19.2. The van der Waals surface area contributed by atoms with Gasteiger partial charge in [0, 0.05) is 6.42 Å². The molecule has 0 aliphatic carbocycles. The van der Waals surface area contributed by atoms with E-state index in [0.29, 0.717) is 6.42 Å². The molecule has 0 radical (unpaired) electrons. The molecule has 552 valence electrons. The highest BCUT2D eigenvalue weighted by Gasteiger charge is 2.44. The molecule has 1 aliphatic rings. The molecule has 0 aromatic rings. The molecule has 1 amide bonds. The van der Waals surface area contributed by atoms with E-state index in [2.05, 4.69) is 104 Å². The Bertz CT molecular complexity index is 1840. The van der Waals surface area contributed by atoms with Crippen molar-refractivity contribution in [1.29, 1.82) is 0 Å². The zero-order chi connectivity index (χ0) is 68.5. The van der Waals surface area contributed by atoms with E-state index < -0.39 is 49.5 Å². The summed E-state index contributed by atoms with van der Waals surface area (Å²) in [5, 5.41) is 55.0. The number of rotatable bonds is 72. The summed E-state index contributed by atoms with van der Waals surface area (Å²) in [5.41, 5.74) is 0. The van der Waals surface area contributed by atoms with Crippen molar-refractivity contribution in [2.24, 2.45) is 0 Å². The molecule has 7 atom stereocenters. The van der Waals surface area contributed by atoms with Crippen molar-refractivity contribution in [3.05, 3.63) is 97.2 Å². The number of allylic oxidation sites excluding steroid dienone is 15. The Morgan fingerprint density at radius 1 is 0.368 bits per heavy atom. The second-order valence-electron chi connectivity index (χ2n) is 28.2. The van der Waals surface area contributed by atoms with Gasteiger partial charge >= 0.3 is 0 Å². The summed E-state index contributed by atoms with van der Waals surface area (Å²) < 4.78 is 11.4. The van der Waals surface area contributed by atoms with Crippen molar-refractivity contribution in [1.82, 2.24) is 5.32 Å². The topological polar surface area (TPSA) is 149 Å². The molecule has 1 saturated heterocycles. The first kappa shape index (κ1) is 90.1. The van der Waals surface area contributed by atoms with Gasteiger partial charge in [-0.1, -0.05) is 400 Å². The highest BCUT2D eigenvalue weighted by Crippen LogP contribution is 2.24. The molecule has 0 bridgehead atoms. The molecule has 9 heteroatoms. The third-order valence-corrected chi connectivity index (χ3v) is 19.2. The second kappa shape index (κ2) is 73.8. The second-order valence-corrected chi connectivity index (χ2v) is 28.2. The van der Waals surface area contributed by atoms with Gasteiger partial charge in [-0.2, -0.15) is 0 Å². The Morgan fingerprint density at radius 3 is 0.968 bits per heavy atom. The van der Waals surface area contributed by atoms with E-state index in [1.807, 2.05) is 6.08 Å². The fourth-order valence-electron chi connectivity index (χ4n) is 12.8. The lowest BCUT2D eigenvalue weighted by Crippen LogP contribution is -2.60. The quantitative estimate of drug-likeness (QED) is 0.0261. The maximum Gasteiger partial charge on any atom is 0.220 e. The Balaban J connectivity index is 2.06. The van der Waals surface area contributed by atoms with Crippen molar-refractivity contribution in [3.63, 3.8) is 0 Å². The number of amides is 1. The molecule has 6 N–H and O–H groups in total. The molecule has 0 spiro atoms. The first-order valence-electron chi connectivity index (χ1n) is 41.0. The van der Waals surface area contributed by atoms with Gasteiger partial charge in [-0.25, -0.2) is 0 Å². The normalized spacial score (nSPS) is 18.0. The molecule has 7 unspecified atom stereocenters. The number of carbonyl (C=O) groups excluding carboxylic acids is 1. The lowest BCUT2D eigenvalue weighted by Gasteiger charge is -2.40. The van der Waals surface area contributed by atoms with Gasteiger partial charge in [0.15, 0.2) is 6.29 Å². The molecule has 1 rings (SSSR count). The van der Waals surface area contributed by atoms with Gasteiger partial charge in [-0.05, 0) is 77.0 Å². The Morgan fingerprint density at radius 2 is 0.653 bits per heavy atom. The van der Waals surface area contributed by atoms with Crippen LogP contribution in [0.5, 0.6) is 0 Å². The van der Waals surface area contributed by atoms with E-state index in [4.69, 9.17) is 9.47 Å². The number of aliphatic hydroxyl groups excluding tert-OH is 5. The minimum absolute atomic E-state index is 0.172. The lowest BCUT2D eigenvalue weighted by molar-refractivity contribution is -0.302. The highest BCUT2D eigenvalue weighted by atomic mass is 16.7. The van der Waals surface area contributed by atoms with Crippen LogP contribution in [0.25, 0.3) is 0 Å². The van der Waals surface area contributed by atoms with Crippen LogP contribution in [-0.2, 0) is 14.3 Å². The molecule has 1 aliphatic heterocycles. The maximum absolute atomic E-state index is 13.2. The Hall–Kier alpha value is -2.89. The SMILES string of the molecule is CC/C=C\C/C=C\C/C=C\C/C=C\C/C=C\C/C=C\C/C=C\CCCCCCCCCCCCCCCCCCCCCC(=O)NC(COC1OC(CO)C(O)C(O)C1O)C(O)/C=C/CCCCCCCCCCCCCCCCCCCCCCCCCCCCCCC. The van der Waals surface area contributed by atoms with Gasteiger partial charge in [0.2, 0.25) is 5.91 Å². The van der Waals surface area contributed by atoms with E-state index in [9.17, 15) is 30.3 Å². The van der Waals surface area contributed by atoms with Gasteiger partial charge in [-0.3, -0.25) is 4.79 Å². The van der Waals surface area contributed by atoms with Gasteiger partial charge in [0.1, 0.15) is 24.4 Å². The predicted molar refractivity (Wildman–Crippen MR) is 410 cm³/mol. The Labute approximate surface area is 587 Å². The van der Waals surface area contributed by atoms with Crippen LogP contribution in [0.3, 0.4) is 0 Å². The summed E-state index contributed by atoms with van der Waals surface area (Å²) in [4.78, 5) is 13.2. The fraction of sp³-hybridized carbons (Fsp3) is 0.802. The lowest BCUT2D eigenvalue weighted by atomic mass is 9.99. The molecular formula is C86H155NO8. The first-order valence-corrected chi connectivity index (χ1v) is 41.0. The molecule has 1 heterocycles. The summed E-state index contributed by atoms with van der Waals surface area (Å²) in [6, 6.07) is -0.810. The molecule has 0 aromatic heterocycles. The van der Waals surface area contributed by atoms with Crippen LogP contribution in [0.2, 0.25) is 0 Å². The monoisotopic (exact) mass is 1330 g/mol. The zero-order valence-electron chi connectivity index (χ0n) is 62.2. The predicted octanol–water partition coefficient (Wildman–Crippen LogP) is 23.8. The minimum atomic E-state index is -1.57. The van der Waals surface area contributed by atoms with Crippen LogP contribution < -0.4 is 5.32 Å². The van der Waals surface area contributed by atoms with Crippen molar-refractivity contribution in [2.75, 3.05) is 13.2 Å². The van der Waals surface area contributed by atoms with Gasteiger partial charge in [0.25, 0.3) is 0 Å². The van der Waals surface area contributed by atoms with Crippen molar-refractivity contribution >= 4 is 5.91 Å². The van der Waals surface area contributed by atoms with Gasteiger partial charge < -0.3 is 40.3 Å². The maximum atomic E-state index is 13.2. The van der Waals surface area contributed by atoms with Crippen LogP contribution in [0.1, 0.15) is 386 Å². The third kappa shape index (κ3) is 61.9. The van der Waals surface area contributed by atoms with Gasteiger partial charge in [0.05, 0.1) is 25.4 Å². The summed E-state index contributed by atoms with van der Waals surface area (Å²) in [6.07, 6.45) is 101. The number of nitrogens with one attached hydrogen (secondary N) is 1. The van der Waals surface area contributed by atoms with Crippen LogP contribution in [0.15, 0.2) is 97.2 Å². The van der Waals surface area contributed by atoms with E-state index >= 15 is 0 Å². The molecule has 95 heavy (non-hydrogen) atoms. The zero-order valence-corrected chi connectivity index (χ0v) is 62.2. The molecule has 0 aromatic carbocycles. The number of aliphatic hydroxyl groups is 5. The van der Waals surface area contributed by atoms with Crippen LogP contribution in [0.4, 0.5) is 0 Å². The standard InChI is InChI=1S/C86H155NO8/c1-3-5-7-9-11-13-15-17-19-21-23-25-27-29-31-33-35-36-37-38-39-40-41-42-43-44-46-48-50-52-54-56-58-60-62-64-66-68-70-72-74-76-82(90)87-79(78-94-86-85(93)84(92)83(91)81(77-88)95-86)80(89)75-73-71-69-67-65-63-61-59-57-55-53-51-49-47-45-34-32-30-28-26-24-22-20-18-16-14-12-10-8-6-4-2/h5,7,11,13,17,19,23,25,29,31,35-36,38-39,73,75,79-81,83-86,88-89,91-93H,3-4,6,8-10,12,14-16,18,20-22,24,26-28,30,32-34,37,40-72,74,76-78H2,1-2H3,(H,87,90)/b7-5-,13-11-,19-17-,25-23-,31-29-,36-35-,39-38-,75-73+.